The summed E-state index contributed by atoms with van der Waals surface area (Å²) in [7, 11) is 0. The molecular formula is C12H13ClF3NO2. The van der Waals surface area contributed by atoms with Crippen LogP contribution in [0.2, 0.25) is 5.02 Å². The van der Waals surface area contributed by atoms with Gasteiger partial charge in [0, 0.05) is 10.7 Å². The van der Waals surface area contributed by atoms with E-state index >= 15 is 0 Å². The van der Waals surface area contributed by atoms with Crippen molar-refractivity contribution in [2.45, 2.75) is 26.1 Å². The number of ether oxygens (including phenoxy) is 1. The molecule has 7 heteroatoms. The number of anilines is 1. The fourth-order valence-corrected chi connectivity index (χ4v) is 1.50. The van der Waals surface area contributed by atoms with Gasteiger partial charge in [-0.15, -0.1) is 0 Å². The van der Waals surface area contributed by atoms with Crippen LogP contribution in [0.1, 0.15) is 19.4 Å². The first-order valence-electron chi connectivity index (χ1n) is 5.47. The molecule has 0 radical (unpaired) electrons. The molecule has 0 aliphatic carbocycles. The highest BCUT2D eigenvalue weighted by Gasteiger charge is 2.31. The van der Waals surface area contributed by atoms with Crippen molar-refractivity contribution in [1.29, 1.82) is 0 Å². The molecule has 1 amide bonds. The number of carbonyl (C=O) groups is 1. The van der Waals surface area contributed by atoms with Gasteiger partial charge in [0.15, 0.2) is 0 Å². The zero-order valence-corrected chi connectivity index (χ0v) is 11.1. The molecule has 1 rings (SSSR count). The van der Waals surface area contributed by atoms with Crippen LogP contribution >= 0.6 is 11.6 Å². The molecule has 0 bridgehead atoms. The molecule has 0 aliphatic heterocycles. The molecule has 19 heavy (non-hydrogen) atoms. The van der Waals surface area contributed by atoms with Crippen LogP contribution in [-0.2, 0) is 15.7 Å². The summed E-state index contributed by atoms with van der Waals surface area (Å²) in [5.41, 5.74) is -0.933. The Bertz CT molecular complexity index is 461. The third kappa shape index (κ3) is 5.48. The standard InChI is InChI=1S/C12H13ClF3NO2/c1-7(2)19-6-11(18)17-10-4-8(12(14,15)16)3-9(13)5-10/h3-5,7H,6H2,1-2H3,(H,17,18). The Kier molecular flexibility index (Phi) is 5.20. The van der Waals surface area contributed by atoms with Crippen molar-refractivity contribution in [3.63, 3.8) is 0 Å². The molecule has 3 nitrogen and oxygen atoms in total. The van der Waals surface area contributed by atoms with Crippen LogP contribution in [0.3, 0.4) is 0 Å². The average Bonchev–Trinajstić information content (AvgIpc) is 2.24. The van der Waals surface area contributed by atoms with Crippen LogP contribution in [0.15, 0.2) is 18.2 Å². The normalized spacial score (nSPS) is 11.7. The molecule has 0 saturated carbocycles. The maximum absolute atomic E-state index is 12.5. The Morgan fingerprint density at radius 2 is 2.00 bits per heavy atom. The molecule has 106 valence electrons. The number of alkyl halides is 3. The van der Waals surface area contributed by atoms with E-state index < -0.39 is 17.6 Å². The lowest BCUT2D eigenvalue weighted by atomic mass is 10.2. The largest absolute Gasteiger partial charge is 0.416 e. The SMILES string of the molecule is CC(C)OCC(=O)Nc1cc(Cl)cc(C(F)(F)F)c1. The second-order valence-electron chi connectivity index (χ2n) is 4.13. The smallest absolute Gasteiger partial charge is 0.369 e. The predicted octanol–water partition coefficient (Wildman–Crippen LogP) is 3.72. The minimum absolute atomic E-state index is 0.0165. The summed E-state index contributed by atoms with van der Waals surface area (Å²) in [6, 6.07) is 2.85. The van der Waals surface area contributed by atoms with Crippen molar-refractivity contribution < 1.29 is 22.7 Å². The van der Waals surface area contributed by atoms with Crippen molar-refractivity contribution in [1.82, 2.24) is 0 Å². The predicted molar refractivity (Wildman–Crippen MR) is 66.2 cm³/mol. The lowest BCUT2D eigenvalue weighted by Crippen LogP contribution is -2.21. The Morgan fingerprint density at radius 3 is 2.53 bits per heavy atom. The Morgan fingerprint density at radius 1 is 1.37 bits per heavy atom. The van der Waals surface area contributed by atoms with E-state index in [-0.39, 0.29) is 23.4 Å². The lowest BCUT2D eigenvalue weighted by molar-refractivity contribution is -0.137. The monoisotopic (exact) mass is 295 g/mol. The number of amides is 1. The Balaban J connectivity index is 2.79. The molecule has 0 unspecified atom stereocenters. The fraction of sp³-hybridized carbons (Fsp3) is 0.417. The first kappa shape index (κ1) is 15.8. The number of hydrogen-bond acceptors (Lipinski definition) is 2. The van der Waals surface area contributed by atoms with Crippen LogP contribution in [-0.4, -0.2) is 18.6 Å². The average molecular weight is 296 g/mol. The molecule has 1 aromatic carbocycles. The van der Waals surface area contributed by atoms with Gasteiger partial charge < -0.3 is 10.1 Å². The molecule has 1 aromatic rings. The highest BCUT2D eigenvalue weighted by atomic mass is 35.5. The van der Waals surface area contributed by atoms with E-state index in [1.54, 1.807) is 13.8 Å². The van der Waals surface area contributed by atoms with Crippen LogP contribution < -0.4 is 5.32 Å². The van der Waals surface area contributed by atoms with Gasteiger partial charge in [0.25, 0.3) is 0 Å². The molecule has 0 aromatic heterocycles. The number of nitrogens with one attached hydrogen (secondary N) is 1. The van der Waals surface area contributed by atoms with Gasteiger partial charge in [-0.3, -0.25) is 4.79 Å². The van der Waals surface area contributed by atoms with Gasteiger partial charge in [0.1, 0.15) is 6.61 Å². The molecule has 0 aliphatic rings. The summed E-state index contributed by atoms with van der Waals surface area (Å²) in [4.78, 5) is 11.4. The van der Waals surface area contributed by atoms with Crippen molar-refractivity contribution >= 4 is 23.2 Å². The van der Waals surface area contributed by atoms with Crippen molar-refractivity contribution in [3.05, 3.63) is 28.8 Å². The van der Waals surface area contributed by atoms with Gasteiger partial charge >= 0.3 is 6.18 Å². The number of benzene rings is 1. The second-order valence-corrected chi connectivity index (χ2v) is 4.57. The van der Waals surface area contributed by atoms with Gasteiger partial charge in [-0.2, -0.15) is 13.2 Å². The van der Waals surface area contributed by atoms with Crippen LogP contribution in [0.4, 0.5) is 18.9 Å². The van der Waals surface area contributed by atoms with Gasteiger partial charge in [0.05, 0.1) is 11.7 Å². The third-order valence-corrected chi connectivity index (χ3v) is 2.27. The van der Waals surface area contributed by atoms with E-state index in [4.69, 9.17) is 16.3 Å². The Hall–Kier alpha value is -1.27. The second kappa shape index (κ2) is 6.25. The topological polar surface area (TPSA) is 38.3 Å². The number of hydrogen-bond donors (Lipinski definition) is 1. The quantitative estimate of drug-likeness (QED) is 0.919. The van der Waals surface area contributed by atoms with E-state index in [0.717, 1.165) is 12.1 Å². The first-order chi connectivity index (χ1) is 8.68. The molecule has 0 saturated heterocycles. The van der Waals surface area contributed by atoms with Crippen molar-refractivity contribution in [2.75, 3.05) is 11.9 Å². The number of carbonyl (C=O) groups excluding carboxylic acids is 1. The minimum Gasteiger partial charge on any atom is -0.369 e. The third-order valence-electron chi connectivity index (χ3n) is 2.06. The summed E-state index contributed by atoms with van der Waals surface area (Å²) in [6.07, 6.45) is -4.66. The maximum atomic E-state index is 12.5. The molecule has 0 spiro atoms. The zero-order valence-electron chi connectivity index (χ0n) is 10.3. The summed E-state index contributed by atoms with van der Waals surface area (Å²) in [5, 5.41) is 2.20. The van der Waals surface area contributed by atoms with Crippen LogP contribution in [0.25, 0.3) is 0 Å². The Labute approximate surface area is 113 Å². The maximum Gasteiger partial charge on any atom is 0.416 e. The summed E-state index contributed by atoms with van der Waals surface area (Å²) in [6.45, 7) is 3.26. The van der Waals surface area contributed by atoms with E-state index in [1.807, 2.05) is 0 Å². The van der Waals surface area contributed by atoms with Crippen LogP contribution in [0, 0.1) is 0 Å². The summed E-state index contributed by atoms with van der Waals surface area (Å²) < 4.78 is 42.7. The van der Waals surface area contributed by atoms with Crippen molar-refractivity contribution in [2.24, 2.45) is 0 Å². The zero-order chi connectivity index (χ0) is 14.6. The minimum atomic E-state index is -4.52. The van der Waals surface area contributed by atoms with Gasteiger partial charge in [-0.05, 0) is 32.0 Å². The molecule has 0 fully saturated rings. The van der Waals surface area contributed by atoms with Gasteiger partial charge in [-0.1, -0.05) is 11.6 Å². The van der Waals surface area contributed by atoms with E-state index in [1.165, 1.54) is 6.07 Å². The molecule has 1 N–H and O–H groups in total. The van der Waals surface area contributed by atoms with Gasteiger partial charge in [0.2, 0.25) is 5.91 Å². The number of halogens is 4. The molecule has 0 heterocycles. The van der Waals surface area contributed by atoms with Crippen LogP contribution in [0.5, 0.6) is 0 Å². The summed E-state index contributed by atoms with van der Waals surface area (Å²) in [5.74, 6) is -0.538. The molecule has 0 atom stereocenters. The van der Waals surface area contributed by atoms with Gasteiger partial charge in [-0.25, -0.2) is 0 Å². The molecular weight excluding hydrogens is 283 g/mol. The number of rotatable bonds is 4. The lowest BCUT2D eigenvalue weighted by Gasteiger charge is -2.12. The van der Waals surface area contributed by atoms with E-state index in [2.05, 4.69) is 5.32 Å². The highest BCUT2D eigenvalue weighted by Crippen LogP contribution is 2.33. The van der Waals surface area contributed by atoms with E-state index in [0.29, 0.717) is 0 Å². The first-order valence-corrected chi connectivity index (χ1v) is 5.85. The van der Waals surface area contributed by atoms with E-state index in [9.17, 15) is 18.0 Å². The summed E-state index contributed by atoms with van der Waals surface area (Å²) >= 11 is 5.58. The van der Waals surface area contributed by atoms with Crippen molar-refractivity contribution in [3.8, 4) is 0 Å². The highest BCUT2D eigenvalue weighted by molar-refractivity contribution is 6.31. The fourth-order valence-electron chi connectivity index (χ4n) is 1.26.